The zero-order valence-electron chi connectivity index (χ0n) is 11.8. The highest BCUT2D eigenvalue weighted by atomic mass is 32.2. The number of aldehydes is 1. The highest BCUT2D eigenvalue weighted by Crippen LogP contribution is 2.12. The molecular weight excluding hydrogens is 304 g/mol. The van der Waals surface area contributed by atoms with E-state index in [2.05, 4.69) is 0 Å². The zero-order chi connectivity index (χ0) is 16.0. The average Bonchev–Trinajstić information content (AvgIpc) is 2.48. The van der Waals surface area contributed by atoms with Crippen molar-refractivity contribution in [1.82, 2.24) is 0 Å². The van der Waals surface area contributed by atoms with Crippen molar-refractivity contribution in [3.8, 4) is 5.75 Å². The van der Waals surface area contributed by atoms with Gasteiger partial charge in [-0.3, -0.25) is 4.79 Å². The van der Waals surface area contributed by atoms with E-state index in [0.717, 1.165) is 11.8 Å². The van der Waals surface area contributed by atoms with Gasteiger partial charge in [-0.2, -0.15) is 0 Å². The lowest BCUT2D eigenvalue weighted by Crippen LogP contribution is -2.03. The number of carbonyl (C=O) groups is 1. The van der Waals surface area contributed by atoms with Gasteiger partial charge in [-0.1, -0.05) is 24.3 Å². The van der Waals surface area contributed by atoms with Gasteiger partial charge >= 0.3 is 0 Å². The summed E-state index contributed by atoms with van der Waals surface area (Å²) in [6.45, 7) is 0.458. The maximum absolute atomic E-state index is 10.7. The Hall–Kier alpha value is -2.18. The molecular formula is C16H15O5S-. The summed E-state index contributed by atoms with van der Waals surface area (Å²) >= 11 is 0. The van der Waals surface area contributed by atoms with E-state index < -0.39 is 15.9 Å². The lowest BCUT2D eigenvalue weighted by molar-refractivity contribution is 0.112. The van der Waals surface area contributed by atoms with Gasteiger partial charge in [-0.15, -0.1) is 0 Å². The largest absolute Gasteiger partial charge is 0.748 e. The zero-order valence-corrected chi connectivity index (χ0v) is 12.6. The predicted molar refractivity (Wildman–Crippen MR) is 80.9 cm³/mol. The lowest BCUT2D eigenvalue weighted by Gasteiger charge is -2.09. The first-order chi connectivity index (χ1) is 10.5. The van der Waals surface area contributed by atoms with Gasteiger partial charge in [-0.25, -0.2) is 8.42 Å². The minimum atomic E-state index is -4.25. The van der Waals surface area contributed by atoms with Crippen molar-refractivity contribution in [3.63, 3.8) is 0 Å². The molecule has 0 N–H and O–H groups in total. The van der Waals surface area contributed by atoms with Crippen LogP contribution in [0.5, 0.6) is 5.75 Å². The first-order valence-corrected chi connectivity index (χ1v) is 8.23. The summed E-state index contributed by atoms with van der Waals surface area (Å²) in [6.07, 6.45) is 1.42. The van der Waals surface area contributed by atoms with Gasteiger partial charge in [0.15, 0.2) is 0 Å². The van der Waals surface area contributed by atoms with Crippen LogP contribution in [0.1, 0.15) is 21.5 Å². The summed E-state index contributed by atoms with van der Waals surface area (Å²) in [5, 5.41) is 0. The van der Waals surface area contributed by atoms with E-state index in [4.69, 9.17) is 4.74 Å². The second-order valence-electron chi connectivity index (χ2n) is 4.80. The number of hydrogen-bond donors (Lipinski definition) is 0. The normalized spacial score (nSPS) is 11.1. The van der Waals surface area contributed by atoms with Gasteiger partial charge in [0.05, 0.1) is 22.5 Å². The van der Waals surface area contributed by atoms with Crippen LogP contribution in [0.25, 0.3) is 0 Å². The molecule has 5 nitrogen and oxygen atoms in total. The molecule has 0 aliphatic heterocycles. The van der Waals surface area contributed by atoms with E-state index in [9.17, 15) is 17.8 Å². The molecule has 0 fully saturated rings. The van der Waals surface area contributed by atoms with E-state index in [1.807, 2.05) is 0 Å². The van der Waals surface area contributed by atoms with Gasteiger partial charge < -0.3 is 9.29 Å². The van der Waals surface area contributed by atoms with Crippen LogP contribution in [0.2, 0.25) is 0 Å². The molecule has 0 aliphatic rings. The third-order valence-corrected chi connectivity index (χ3v) is 3.73. The van der Waals surface area contributed by atoms with Crippen molar-refractivity contribution < 1.29 is 22.5 Å². The third-order valence-electron chi connectivity index (χ3n) is 3.04. The molecule has 0 amide bonds. The Kier molecular flexibility index (Phi) is 5.30. The minimum absolute atomic E-state index is 0.458. The average molecular weight is 319 g/mol. The number of hydrogen-bond acceptors (Lipinski definition) is 5. The Morgan fingerprint density at radius 3 is 2.09 bits per heavy atom. The summed E-state index contributed by atoms with van der Waals surface area (Å²) in [5.74, 6) is 0.187. The molecule has 2 aromatic rings. The van der Waals surface area contributed by atoms with E-state index in [1.165, 1.54) is 0 Å². The standard InChI is InChI=1S/C16H16O5S/c17-11-14-5-7-16(8-6-14)21-10-9-13-1-3-15(4-2-13)12-22(18,19)20/h1-8,11H,9-10,12H2,(H,18,19,20)/p-1. The van der Waals surface area contributed by atoms with Gasteiger partial charge in [-0.05, 0) is 35.4 Å². The molecule has 0 aliphatic carbocycles. The fraction of sp³-hybridized carbons (Fsp3) is 0.188. The van der Waals surface area contributed by atoms with Crippen molar-refractivity contribution in [2.45, 2.75) is 12.2 Å². The van der Waals surface area contributed by atoms with Gasteiger partial charge in [0, 0.05) is 12.0 Å². The molecule has 0 spiro atoms. The summed E-state index contributed by atoms with van der Waals surface area (Å²) in [4.78, 5) is 10.5. The molecule has 116 valence electrons. The molecule has 2 aromatic carbocycles. The molecule has 0 unspecified atom stereocenters. The topological polar surface area (TPSA) is 83.5 Å². The summed E-state index contributed by atoms with van der Waals surface area (Å²) in [7, 11) is -4.25. The molecule has 6 heteroatoms. The van der Waals surface area contributed by atoms with Crippen LogP contribution in [0.15, 0.2) is 48.5 Å². The molecule has 0 heterocycles. The van der Waals surface area contributed by atoms with Crippen molar-refractivity contribution in [1.29, 1.82) is 0 Å². The number of rotatable bonds is 7. The van der Waals surface area contributed by atoms with Crippen molar-refractivity contribution in [2.75, 3.05) is 6.61 Å². The van der Waals surface area contributed by atoms with E-state index in [-0.39, 0.29) is 0 Å². The SMILES string of the molecule is O=Cc1ccc(OCCc2ccc(CS(=O)(=O)[O-])cc2)cc1. The molecule has 0 aromatic heterocycles. The molecule has 0 atom stereocenters. The minimum Gasteiger partial charge on any atom is -0.748 e. The van der Waals surface area contributed by atoms with Crippen LogP contribution >= 0.6 is 0 Å². The first kappa shape index (κ1) is 16.2. The third kappa shape index (κ3) is 5.31. The molecule has 22 heavy (non-hydrogen) atoms. The van der Waals surface area contributed by atoms with Crippen LogP contribution in [-0.4, -0.2) is 25.9 Å². The molecule has 0 saturated heterocycles. The number of benzene rings is 2. The smallest absolute Gasteiger partial charge is 0.150 e. The Balaban J connectivity index is 1.85. The molecule has 2 rings (SSSR count). The van der Waals surface area contributed by atoms with Crippen LogP contribution < -0.4 is 4.74 Å². The van der Waals surface area contributed by atoms with Gasteiger partial charge in [0.1, 0.15) is 12.0 Å². The second-order valence-corrected chi connectivity index (χ2v) is 6.21. The monoisotopic (exact) mass is 319 g/mol. The van der Waals surface area contributed by atoms with Gasteiger partial charge in [0.25, 0.3) is 0 Å². The Morgan fingerprint density at radius 2 is 1.55 bits per heavy atom. The second kappa shape index (κ2) is 7.20. The number of carbonyl (C=O) groups excluding carboxylic acids is 1. The van der Waals surface area contributed by atoms with Crippen LogP contribution in [0.3, 0.4) is 0 Å². The molecule has 0 saturated carbocycles. The lowest BCUT2D eigenvalue weighted by atomic mass is 10.1. The predicted octanol–water partition coefficient (Wildman–Crippen LogP) is 2.17. The highest BCUT2D eigenvalue weighted by molar-refractivity contribution is 7.84. The fourth-order valence-electron chi connectivity index (χ4n) is 1.94. The maximum Gasteiger partial charge on any atom is 0.150 e. The van der Waals surface area contributed by atoms with Crippen LogP contribution in [0, 0.1) is 0 Å². The fourth-order valence-corrected chi connectivity index (χ4v) is 2.54. The highest BCUT2D eigenvalue weighted by Gasteiger charge is 2.00. The molecule has 0 bridgehead atoms. The van der Waals surface area contributed by atoms with E-state index in [0.29, 0.717) is 29.9 Å². The summed E-state index contributed by atoms with van der Waals surface area (Å²) in [6, 6.07) is 13.6. The van der Waals surface area contributed by atoms with E-state index >= 15 is 0 Å². The quantitative estimate of drug-likeness (QED) is 0.577. The van der Waals surface area contributed by atoms with Crippen LogP contribution in [-0.2, 0) is 22.3 Å². The maximum atomic E-state index is 10.7. The number of ether oxygens (including phenoxy) is 1. The first-order valence-electron chi connectivity index (χ1n) is 6.66. The Bertz CT molecular complexity index is 718. The van der Waals surface area contributed by atoms with Gasteiger partial charge in [0.2, 0.25) is 0 Å². The van der Waals surface area contributed by atoms with E-state index in [1.54, 1.807) is 48.5 Å². The summed E-state index contributed by atoms with van der Waals surface area (Å²) in [5.41, 5.74) is 2.05. The van der Waals surface area contributed by atoms with Crippen molar-refractivity contribution in [3.05, 3.63) is 65.2 Å². The summed E-state index contributed by atoms with van der Waals surface area (Å²) < 4.78 is 37.5. The Labute approximate surface area is 129 Å². The van der Waals surface area contributed by atoms with Crippen molar-refractivity contribution in [2.24, 2.45) is 0 Å². The van der Waals surface area contributed by atoms with Crippen LogP contribution in [0.4, 0.5) is 0 Å². The molecule has 0 radical (unpaired) electrons. The Morgan fingerprint density at radius 1 is 0.955 bits per heavy atom. The van der Waals surface area contributed by atoms with Crippen molar-refractivity contribution >= 4 is 16.4 Å².